The fourth-order valence-corrected chi connectivity index (χ4v) is 3.36. The van der Waals surface area contributed by atoms with Gasteiger partial charge in [0, 0.05) is 23.0 Å². The van der Waals surface area contributed by atoms with Crippen molar-refractivity contribution in [2.75, 3.05) is 7.05 Å². The molecule has 1 N–H and O–H groups in total. The smallest absolute Gasteiger partial charge is 0.225 e. The zero-order valence-electron chi connectivity index (χ0n) is 12.5. The number of carbonyl (C=O) groups is 1. The van der Waals surface area contributed by atoms with Gasteiger partial charge in [0.15, 0.2) is 0 Å². The van der Waals surface area contributed by atoms with Gasteiger partial charge in [0.25, 0.3) is 0 Å². The van der Waals surface area contributed by atoms with Crippen LogP contribution < -0.4 is 5.32 Å². The molecular formula is C15H28N2O. The second kappa shape index (κ2) is 4.52. The third-order valence-electron chi connectivity index (χ3n) is 4.98. The van der Waals surface area contributed by atoms with Crippen LogP contribution in [0, 0.1) is 5.92 Å². The fourth-order valence-electron chi connectivity index (χ4n) is 3.36. The van der Waals surface area contributed by atoms with Crippen molar-refractivity contribution < 1.29 is 4.79 Å². The first-order valence-electron chi connectivity index (χ1n) is 7.36. The summed E-state index contributed by atoms with van der Waals surface area (Å²) in [5.74, 6) is 0.455. The zero-order valence-corrected chi connectivity index (χ0v) is 12.5. The van der Waals surface area contributed by atoms with E-state index in [0.29, 0.717) is 11.9 Å². The summed E-state index contributed by atoms with van der Waals surface area (Å²) in [6, 6.07) is 0.341. The van der Waals surface area contributed by atoms with Gasteiger partial charge in [0.2, 0.25) is 5.91 Å². The molecule has 1 saturated heterocycles. The van der Waals surface area contributed by atoms with Gasteiger partial charge in [-0.25, -0.2) is 0 Å². The van der Waals surface area contributed by atoms with Gasteiger partial charge in [-0.1, -0.05) is 13.8 Å². The Labute approximate surface area is 111 Å². The van der Waals surface area contributed by atoms with Crippen LogP contribution in [0.3, 0.4) is 0 Å². The van der Waals surface area contributed by atoms with E-state index in [4.69, 9.17) is 0 Å². The van der Waals surface area contributed by atoms with Gasteiger partial charge in [-0.05, 0) is 53.0 Å². The average molecular weight is 252 g/mol. The lowest BCUT2D eigenvalue weighted by Gasteiger charge is -2.50. The molecule has 2 rings (SSSR count). The number of rotatable bonds is 3. The molecule has 0 aromatic carbocycles. The second-order valence-corrected chi connectivity index (χ2v) is 6.97. The summed E-state index contributed by atoms with van der Waals surface area (Å²) in [7, 11) is 2.01. The van der Waals surface area contributed by atoms with E-state index < -0.39 is 0 Å². The standard InChI is InChI=1S/C15H28N2O/c1-11(2)13(18)17-12(14(3,4)16-5)7-6-8-15(17)9-10-15/h11-12,16H,6-10H2,1-5H3. The topological polar surface area (TPSA) is 32.3 Å². The van der Waals surface area contributed by atoms with E-state index in [1.165, 1.54) is 25.7 Å². The summed E-state index contributed by atoms with van der Waals surface area (Å²) in [4.78, 5) is 14.9. The molecule has 1 spiro atoms. The van der Waals surface area contributed by atoms with Crippen molar-refractivity contribution in [3.8, 4) is 0 Å². The van der Waals surface area contributed by atoms with E-state index in [0.717, 1.165) is 6.42 Å². The van der Waals surface area contributed by atoms with E-state index in [2.05, 4.69) is 24.1 Å². The van der Waals surface area contributed by atoms with Crippen LogP contribution in [0.2, 0.25) is 0 Å². The molecule has 3 nitrogen and oxygen atoms in total. The summed E-state index contributed by atoms with van der Waals surface area (Å²) < 4.78 is 0. The van der Waals surface area contributed by atoms with Crippen molar-refractivity contribution >= 4 is 5.91 Å². The number of hydrogen-bond acceptors (Lipinski definition) is 2. The zero-order chi connectivity index (χ0) is 13.6. The summed E-state index contributed by atoms with van der Waals surface area (Å²) in [5, 5.41) is 3.41. The van der Waals surface area contributed by atoms with Gasteiger partial charge >= 0.3 is 0 Å². The molecule has 104 valence electrons. The molecule has 1 aliphatic heterocycles. The quantitative estimate of drug-likeness (QED) is 0.837. The Hall–Kier alpha value is -0.570. The van der Waals surface area contributed by atoms with Crippen LogP contribution in [0.15, 0.2) is 0 Å². The number of nitrogens with one attached hydrogen (secondary N) is 1. The summed E-state index contributed by atoms with van der Waals surface area (Å²) in [5.41, 5.74) is 0.221. The molecule has 0 aromatic heterocycles. The number of nitrogens with zero attached hydrogens (tertiary/aromatic N) is 1. The van der Waals surface area contributed by atoms with E-state index in [1.807, 2.05) is 20.9 Å². The van der Waals surface area contributed by atoms with Gasteiger partial charge in [-0.2, -0.15) is 0 Å². The fraction of sp³-hybridized carbons (Fsp3) is 0.933. The predicted molar refractivity (Wildman–Crippen MR) is 74.4 cm³/mol. The van der Waals surface area contributed by atoms with Crippen LogP contribution >= 0.6 is 0 Å². The van der Waals surface area contributed by atoms with Crippen molar-refractivity contribution in [1.29, 1.82) is 0 Å². The maximum Gasteiger partial charge on any atom is 0.225 e. The Morgan fingerprint density at radius 3 is 2.39 bits per heavy atom. The number of amides is 1. The number of piperidine rings is 1. The third-order valence-corrected chi connectivity index (χ3v) is 4.98. The number of hydrogen-bond donors (Lipinski definition) is 1. The van der Waals surface area contributed by atoms with Crippen molar-refractivity contribution in [3.05, 3.63) is 0 Å². The molecule has 0 radical (unpaired) electrons. The highest BCUT2D eigenvalue weighted by Crippen LogP contribution is 2.52. The highest BCUT2D eigenvalue weighted by molar-refractivity contribution is 5.80. The van der Waals surface area contributed by atoms with Crippen LogP contribution in [0.5, 0.6) is 0 Å². The Balaban J connectivity index is 2.29. The Bertz CT molecular complexity index is 331. The molecule has 2 fully saturated rings. The first-order valence-corrected chi connectivity index (χ1v) is 7.36. The van der Waals surface area contributed by atoms with E-state index in [9.17, 15) is 4.79 Å². The van der Waals surface area contributed by atoms with Gasteiger partial charge in [0.1, 0.15) is 0 Å². The molecule has 0 bridgehead atoms. The normalized spacial score (nSPS) is 26.8. The largest absolute Gasteiger partial charge is 0.332 e. The van der Waals surface area contributed by atoms with E-state index in [-0.39, 0.29) is 17.0 Å². The predicted octanol–water partition coefficient (Wildman–Crippen LogP) is 2.55. The highest BCUT2D eigenvalue weighted by atomic mass is 16.2. The summed E-state index contributed by atoms with van der Waals surface area (Å²) >= 11 is 0. The molecule has 1 aliphatic carbocycles. The summed E-state index contributed by atoms with van der Waals surface area (Å²) in [6.45, 7) is 8.49. The molecule has 1 atom stereocenters. The number of carbonyl (C=O) groups excluding carboxylic acids is 1. The Kier molecular flexibility index (Phi) is 3.48. The van der Waals surface area contributed by atoms with Crippen LogP contribution in [0.1, 0.15) is 59.8 Å². The average Bonchev–Trinajstić information content (AvgIpc) is 3.08. The van der Waals surface area contributed by atoms with Gasteiger partial charge in [-0.15, -0.1) is 0 Å². The van der Waals surface area contributed by atoms with Gasteiger partial charge < -0.3 is 10.2 Å². The third kappa shape index (κ3) is 2.18. The molecule has 1 unspecified atom stereocenters. The minimum absolute atomic E-state index is 0.000556. The van der Waals surface area contributed by atoms with Crippen molar-refractivity contribution in [3.63, 3.8) is 0 Å². The number of likely N-dealkylation sites (tertiary alicyclic amines) is 1. The van der Waals surface area contributed by atoms with Gasteiger partial charge in [0.05, 0.1) is 0 Å². The lowest BCUT2D eigenvalue weighted by atomic mass is 9.82. The number of likely N-dealkylation sites (N-methyl/N-ethyl adjacent to an activating group) is 1. The van der Waals surface area contributed by atoms with E-state index in [1.54, 1.807) is 0 Å². The van der Waals surface area contributed by atoms with Crippen LogP contribution in [-0.4, -0.2) is 35.0 Å². The maximum atomic E-state index is 12.6. The molecule has 2 aliphatic rings. The molecule has 18 heavy (non-hydrogen) atoms. The highest BCUT2D eigenvalue weighted by Gasteiger charge is 2.56. The SMILES string of the molecule is CNC(C)(C)C1CCCC2(CC2)N1C(=O)C(C)C. The lowest BCUT2D eigenvalue weighted by molar-refractivity contribution is -0.145. The Morgan fingerprint density at radius 1 is 1.33 bits per heavy atom. The maximum absolute atomic E-state index is 12.6. The molecule has 1 saturated carbocycles. The van der Waals surface area contributed by atoms with Crippen molar-refractivity contribution in [2.45, 2.75) is 76.9 Å². The van der Waals surface area contributed by atoms with E-state index >= 15 is 0 Å². The molecular weight excluding hydrogens is 224 g/mol. The Morgan fingerprint density at radius 2 is 1.94 bits per heavy atom. The van der Waals surface area contributed by atoms with Crippen LogP contribution in [0.25, 0.3) is 0 Å². The first-order chi connectivity index (χ1) is 8.34. The molecule has 3 heteroatoms. The molecule has 1 amide bonds. The summed E-state index contributed by atoms with van der Waals surface area (Å²) in [6.07, 6.45) is 6.02. The van der Waals surface area contributed by atoms with Gasteiger partial charge in [-0.3, -0.25) is 4.79 Å². The molecule has 1 heterocycles. The first kappa shape index (κ1) is 13.9. The monoisotopic (exact) mass is 252 g/mol. The van der Waals surface area contributed by atoms with Crippen LogP contribution in [-0.2, 0) is 4.79 Å². The minimum Gasteiger partial charge on any atom is -0.332 e. The minimum atomic E-state index is 0.000556. The van der Waals surface area contributed by atoms with Crippen LogP contribution in [0.4, 0.5) is 0 Å². The molecule has 0 aromatic rings. The lowest BCUT2D eigenvalue weighted by Crippen LogP contribution is -2.63. The van der Waals surface area contributed by atoms with Crippen molar-refractivity contribution in [1.82, 2.24) is 10.2 Å². The second-order valence-electron chi connectivity index (χ2n) is 6.97. The van der Waals surface area contributed by atoms with Crippen molar-refractivity contribution in [2.24, 2.45) is 5.92 Å².